The molecule has 2 aromatic rings. The van der Waals surface area contributed by atoms with Crippen molar-refractivity contribution in [2.24, 2.45) is 0 Å². The quantitative estimate of drug-likeness (QED) is 0.794. The molecule has 2 rings (SSSR count). The van der Waals surface area contributed by atoms with Crippen LogP contribution in [0.25, 0.3) is 0 Å². The Morgan fingerprint density at radius 3 is 2.16 bits per heavy atom. The lowest BCUT2D eigenvalue weighted by Gasteiger charge is -2.21. The summed E-state index contributed by atoms with van der Waals surface area (Å²) in [4.78, 5) is 12.5. The number of carbonyl (C=O) groups is 1. The number of carbonyl (C=O) groups excluding carboxylic acids is 1. The van der Waals surface area contributed by atoms with E-state index in [1.165, 1.54) is 11.1 Å². The van der Waals surface area contributed by atoms with Crippen molar-refractivity contribution in [3.63, 3.8) is 0 Å². The highest BCUT2D eigenvalue weighted by atomic mass is 35.5. The fourth-order valence-corrected chi connectivity index (χ4v) is 3.06. The van der Waals surface area contributed by atoms with E-state index in [1.807, 2.05) is 32.9 Å². The van der Waals surface area contributed by atoms with E-state index in [0.29, 0.717) is 5.75 Å². The van der Waals surface area contributed by atoms with Crippen molar-refractivity contribution in [3.05, 3.63) is 63.2 Å². The van der Waals surface area contributed by atoms with Crippen LogP contribution in [0.1, 0.15) is 47.7 Å². The van der Waals surface area contributed by atoms with Gasteiger partial charge in [-0.25, -0.2) is 0 Å². The molecule has 4 heteroatoms. The number of nitrogens with one attached hydrogen (secondary N) is 1. The summed E-state index contributed by atoms with van der Waals surface area (Å²) in [6.07, 6.45) is -0.590. The molecule has 0 aliphatic carbocycles. The van der Waals surface area contributed by atoms with E-state index in [0.717, 1.165) is 21.7 Å². The van der Waals surface area contributed by atoms with E-state index in [-0.39, 0.29) is 11.9 Å². The Labute approximate surface area is 155 Å². The molecule has 0 heterocycles. The first kappa shape index (κ1) is 19.3. The van der Waals surface area contributed by atoms with E-state index >= 15 is 0 Å². The normalized spacial score (nSPS) is 13.2. The maximum atomic E-state index is 12.5. The third-order valence-corrected chi connectivity index (χ3v) is 4.94. The molecular formula is C21H26ClNO2. The number of aryl methyl sites for hydroxylation is 4. The predicted molar refractivity (Wildman–Crippen MR) is 103 cm³/mol. The number of ether oxygens (including phenoxy) is 1. The van der Waals surface area contributed by atoms with Gasteiger partial charge in [-0.1, -0.05) is 35.4 Å². The number of halogens is 1. The molecule has 1 N–H and O–H groups in total. The van der Waals surface area contributed by atoms with Crippen LogP contribution in [0.15, 0.2) is 30.3 Å². The van der Waals surface area contributed by atoms with Crippen molar-refractivity contribution in [1.82, 2.24) is 5.32 Å². The minimum Gasteiger partial charge on any atom is -0.481 e. The Bertz CT molecular complexity index is 762. The second-order valence-electron chi connectivity index (χ2n) is 6.72. The van der Waals surface area contributed by atoms with Gasteiger partial charge < -0.3 is 10.1 Å². The van der Waals surface area contributed by atoms with Gasteiger partial charge in [0.05, 0.1) is 6.04 Å². The highest BCUT2D eigenvalue weighted by Crippen LogP contribution is 2.26. The lowest BCUT2D eigenvalue weighted by molar-refractivity contribution is -0.127. The van der Waals surface area contributed by atoms with E-state index < -0.39 is 6.10 Å². The van der Waals surface area contributed by atoms with Gasteiger partial charge in [0.15, 0.2) is 6.10 Å². The molecule has 2 atom stereocenters. The Balaban J connectivity index is 2.05. The standard InChI is InChI=1S/C21H26ClNO2/c1-12-7-8-19(13(2)9-12)16(5)23-21(24)17(6)25-18-10-14(3)20(22)15(4)11-18/h7-11,16-17H,1-6H3,(H,23,24)/t16-,17-/m1/s1. The summed E-state index contributed by atoms with van der Waals surface area (Å²) in [7, 11) is 0. The Hall–Kier alpha value is -2.00. The van der Waals surface area contributed by atoms with Crippen LogP contribution in [-0.2, 0) is 4.79 Å². The zero-order chi connectivity index (χ0) is 18.7. The summed E-state index contributed by atoms with van der Waals surface area (Å²) in [5, 5.41) is 3.76. The third kappa shape index (κ3) is 4.76. The average molecular weight is 360 g/mol. The maximum absolute atomic E-state index is 12.5. The topological polar surface area (TPSA) is 38.3 Å². The second-order valence-corrected chi connectivity index (χ2v) is 7.10. The second kappa shape index (κ2) is 7.92. The molecule has 0 saturated carbocycles. The number of amides is 1. The molecule has 25 heavy (non-hydrogen) atoms. The van der Waals surface area contributed by atoms with E-state index in [1.54, 1.807) is 6.92 Å². The predicted octanol–water partition coefficient (Wildman–Crippen LogP) is 5.22. The van der Waals surface area contributed by atoms with Crippen LogP contribution in [0.3, 0.4) is 0 Å². The van der Waals surface area contributed by atoms with Crippen molar-refractivity contribution in [2.45, 2.75) is 53.7 Å². The van der Waals surface area contributed by atoms with Crippen LogP contribution < -0.4 is 10.1 Å². The fourth-order valence-electron chi connectivity index (χ4n) is 2.95. The third-order valence-electron chi connectivity index (χ3n) is 4.34. The largest absolute Gasteiger partial charge is 0.481 e. The Morgan fingerprint density at radius 1 is 1.00 bits per heavy atom. The fraction of sp³-hybridized carbons (Fsp3) is 0.381. The van der Waals surface area contributed by atoms with Gasteiger partial charge in [0, 0.05) is 5.02 Å². The first-order valence-electron chi connectivity index (χ1n) is 8.50. The van der Waals surface area contributed by atoms with Crippen LogP contribution in [-0.4, -0.2) is 12.0 Å². The Kier molecular flexibility index (Phi) is 6.12. The van der Waals surface area contributed by atoms with Crippen molar-refractivity contribution >= 4 is 17.5 Å². The zero-order valence-corrected chi connectivity index (χ0v) is 16.5. The van der Waals surface area contributed by atoms with Gasteiger partial charge in [0.2, 0.25) is 0 Å². The van der Waals surface area contributed by atoms with Gasteiger partial charge in [0.1, 0.15) is 5.75 Å². The molecule has 1 amide bonds. The first-order chi connectivity index (χ1) is 11.7. The summed E-state index contributed by atoms with van der Waals surface area (Å²) in [6.45, 7) is 11.7. The van der Waals surface area contributed by atoms with Gasteiger partial charge in [-0.15, -0.1) is 0 Å². The number of hydrogen-bond donors (Lipinski definition) is 1. The molecule has 0 bridgehead atoms. The van der Waals surface area contributed by atoms with Crippen LogP contribution in [0, 0.1) is 27.7 Å². The molecule has 2 aromatic carbocycles. The molecule has 3 nitrogen and oxygen atoms in total. The summed E-state index contributed by atoms with van der Waals surface area (Å²) < 4.78 is 5.81. The van der Waals surface area contributed by atoms with Crippen LogP contribution in [0.4, 0.5) is 0 Å². The lowest BCUT2D eigenvalue weighted by Crippen LogP contribution is -2.38. The van der Waals surface area contributed by atoms with Crippen molar-refractivity contribution in [2.75, 3.05) is 0 Å². The van der Waals surface area contributed by atoms with Gasteiger partial charge in [-0.2, -0.15) is 0 Å². The lowest BCUT2D eigenvalue weighted by atomic mass is 10.00. The van der Waals surface area contributed by atoms with Crippen LogP contribution >= 0.6 is 11.6 Å². The van der Waals surface area contributed by atoms with E-state index in [4.69, 9.17) is 16.3 Å². The molecule has 0 radical (unpaired) electrons. The van der Waals surface area contributed by atoms with E-state index in [2.05, 4.69) is 37.4 Å². The summed E-state index contributed by atoms with van der Waals surface area (Å²) >= 11 is 6.18. The average Bonchev–Trinajstić information content (AvgIpc) is 2.52. The SMILES string of the molecule is Cc1ccc([C@@H](C)NC(=O)[C@@H](C)Oc2cc(C)c(Cl)c(C)c2)c(C)c1. The molecule has 0 unspecified atom stereocenters. The van der Waals surface area contributed by atoms with Crippen molar-refractivity contribution < 1.29 is 9.53 Å². The van der Waals surface area contributed by atoms with Crippen molar-refractivity contribution in [1.29, 1.82) is 0 Å². The summed E-state index contributed by atoms with van der Waals surface area (Å²) in [5.41, 5.74) is 5.38. The minimum atomic E-state index is -0.590. The molecule has 0 aliphatic heterocycles. The summed E-state index contributed by atoms with van der Waals surface area (Å²) in [5.74, 6) is 0.513. The number of rotatable bonds is 5. The smallest absolute Gasteiger partial charge is 0.261 e. The van der Waals surface area contributed by atoms with Gasteiger partial charge in [-0.3, -0.25) is 4.79 Å². The molecule has 0 saturated heterocycles. The minimum absolute atomic E-state index is 0.0761. The molecule has 0 aromatic heterocycles. The molecular weight excluding hydrogens is 334 g/mol. The van der Waals surface area contributed by atoms with Crippen LogP contribution in [0.5, 0.6) is 5.75 Å². The maximum Gasteiger partial charge on any atom is 0.261 e. The van der Waals surface area contributed by atoms with E-state index in [9.17, 15) is 4.79 Å². The van der Waals surface area contributed by atoms with Gasteiger partial charge in [-0.05, 0) is 75.9 Å². The molecule has 0 aliphatic rings. The summed E-state index contributed by atoms with van der Waals surface area (Å²) in [6, 6.07) is 9.88. The van der Waals surface area contributed by atoms with Crippen LogP contribution in [0.2, 0.25) is 5.02 Å². The highest BCUT2D eigenvalue weighted by Gasteiger charge is 2.19. The first-order valence-corrected chi connectivity index (χ1v) is 8.87. The van der Waals surface area contributed by atoms with Crippen molar-refractivity contribution in [3.8, 4) is 5.75 Å². The molecule has 0 spiro atoms. The van der Waals surface area contributed by atoms with Gasteiger partial charge >= 0.3 is 0 Å². The molecule has 134 valence electrons. The monoisotopic (exact) mass is 359 g/mol. The molecule has 0 fully saturated rings. The highest BCUT2D eigenvalue weighted by molar-refractivity contribution is 6.32. The van der Waals surface area contributed by atoms with Gasteiger partial charge in [0.25, 0.3) is 5.91 Å². The zero-order valence-electron chi connectivity index (χ0n) is 15.7. The number of benzene rings is 2. The number of hydrogen-bond acceptors (Lipinski definition) is 2. The Morgan fingerprint density at radius 2 is 1.60 bits per heavy atom.